The molecule has 0 aliphatic carbocycles. The van der Waals surface area contributed by atoms with Gasteiger partial charge in [0.15, 0.2) is 0 Å². The van der Waals surface area contributed by atoms with Crippen LogP contribution in [0.4, 0.5) is 0 Å². The van der Waals surface area contributed by atoms with Crippen molar-refractivity contribution in [2.45, 2.75) is 18.9 Å². The number of ether oxygens (including phenoxy) is 1. The minimum atomic E-state index is -0.298. The fourth-order valence-corrected chi connectivity index (χ4v) is 2.51. The Morgan fingerprint density at radius 1 is 1.05 bits per heavy atom. The summed E-state index contributed by atoms with van der Waals surface area (Å²) in [5, 5.41) is 0. The van der Waals surface area contributed by atoms with Crippen LogP contribution in [-0.2, 0) is 9.53 Å². The van der Waals surface area contributed by atoms with Crippen molar-refractivity contribution in [3.05, 3.63) is 59.7 Å². The minimum absolute atomic E-state index is 0.285. The normalized spacial score (nSPS) is 16.6. The second kappa shape index (κ2) is 5.29. The van der Waals surface area contributed by atoms with E-state index >= 15 is 0 Å². The molecule has 2 aromatic rings. The molecule has 0 spiro atoms. The van der Waals surface area contributed by atoms with E-state index in [0.29, 0.717) is 18.4 Å². The molecule has 3 nitrogen and oxygen atoms in total. The largest absolute Gasteiger partial charge is 0.454 e. The van der Waals surface area contributed by atoms with Crippen LogP contribution in [0.25, 0.3) is 11.1 Å². The molecule has 1 aliphatic rings. The molecule has 0 fully saturated rings. The molecular formula is C17H14O3. The van der Waals surface area contributed by atoms with Crippen molar-refractivity contribution in [1.29, 1.82) is 0 Å². The average molecular weight is 266 g/mol. The monoisotopic (exact) mass is 266 g/mol. The quantitative estimate of drug-likeness (QED) is 0.628. The molecule has 3 heteroatoms. The first-order valence-electron chi connectivity index (χ1n) is 6.63. The summed E-state index contributed by atoms with van der Waals surface area (Å²) in [6, 6.07) is 15.7. The van der Waals surface area contributed by atoms with Gasteiger partial charge < -0.3 is 9.53 Å². The van der Waals surface area contributed by atoms with Gasteiger partial charge in [0, 0.05) is 12.0 Å². The predicted molar refractivity (Wildman–Crippen MR) is 75.3 cm³/mol. The molecule has 1 atom stereocenters. The number of esters is 1. The lowest BCUT2D eigenvalue weighted by Gasteiger charge is -2.08. The van der Waals surface area contributed by atoms with Crippen molar-refractivity contribution in [3.8, 4) is 11.1 Å². The van der Waals surface area contributed by atoms with Gasteiger partial charge in [-0.25, -0.2) is 4.79 Å². The van der Waals surface area contributed by atoms with Gasteiger partial charge in [0.05, 0.1) is 5.56 Å². The number of rotatable bonds is 4. The molecule has 0 saturated heterocycles. The van der Waals surface area contributed by atoms with E-state index in [1.165, 1.54) is 0 Å². The van der Waals surface area contributed by atoms with E-state index in [2.05, 4.69) is 0 Å². The first-order valence-corrected chi connectivity index (χ1v) is 6.63. The average Bonchev–Trinajstić information content (AvgIpc) is 2.82. The van der Waals surface area contributed by atoms with Crippen molar-refractivity contribution < 1.29 is 14.3 Å². The molecular weight excluding hydrogens is 252 g/mol. The smallest absolute Gasteiger partial charge is 0.339 e. The van der Waals surface area contributed by atoms with Gasteiger partial charge in [-0.15, -0.1) is 0 Å². The van der Waals surface area contributed by atoms with Crippen LogP contribution in [-0.4, -0.2) is 12.3 Å². The van der Waals surface area contributed by atoms with E-state index < -0.39 is 0 Å². The van der Waals surface area contributed by atoms with Gasteiger partial charge in [-0.2, -0.15) is 0 Å². The van der Waals surface area contributed by atoms with Crippen LogP contribution in [0.15, 0.2) is 48.5 Å². The highest BCUT2D eigenvalue weighted by Crippen LogP contribution is 2.36. The zero-order chi connectivity index (χ0) is 13.9. The number of benzene rings is 2. The van der Waals surface area contributed by atoms with Gasteiger partial charge in [-0.1, -0.05) is 42.5 Å². The zero-order valence-electron chi connectivity index (χ0n) is 10.9. The summed E-state index contributed by atoms with van der Waals surface area (Å²) in [6.07, 6.45) is 1.52. The summed E-state index contributed by atoms with van der Waals surface area (Å²) in [5.41, 5.74) is 3.57. The van der Waals surface area contributed by atoms with Crippen LogP contribution in [0.1, 0.15) is 34.9 Å². The fourth-order valence-electron chi connectivity index (χ4n) is 2.51. The summed E-state index contributed by atoms with van der Waals surface area (Å²) >= 11 is 0. The van der Waals surface area contributed by atoms with Gasteiger partial charge in [-0.3, -0.25) is 0 Å². The van der Waals surface area contributed by atoms with Crippen LogP contribution in [0.2, 0.25) is 0 Å². The Hall–Kier alpha value is -2.42. The van der Waals surface area contributed by atoms with Gasteiger partial charge in [0.25, 0.3) is 0 Å². The summed E-state index contributed by atoms with van der Waals surface area (Å²) in [6.45, 7) is 0. The number of cyclic esters (lactones) is 1. The Kier molecular flexibility index (Phi) is 3.33. The molecule has 1 unspecified atom stereocenters. The molecule has 1 aliphatic heterocycles. The summed E-state index contributed by atoms with van der Waals surface area (Å²) < 4.78 is 5.33. The van der Waals surface area contributed by atoms with Crippen LogP contribution in [0.3, 0.4) is 0 Å². The van der Waals surface area contributed by atoms with Crippen LogP contribution in [0, 0.1) is 0 Å². The lowest BCUT2D eigenvalue weighted by atomic mass is 9.97. The molecule has 100 valence electrons. The first-order chi connectivity index (χ1) is 9.79. The maximum atomic E-state index is 11.9. The minimum Gasteiger partial charge on any atom is -0.454 e. The Balaban J connectivity index is 1.96. The van der Waals surface area contributed by atoms with E-state index in [-0.39, 0.29) is 12.1 Å². The number of aldehydes is 1. The molecule has 2 aromatic carbocycles. The van der Waals surface area contributed by atoms with E-state index in [1.54, 1.807) is 0 Å². The Bertz CT molecular complexity index is 647. The van der Waals surface area contributed by atoms with Gasteiger partial charge in [0.2, 0.25) is 0 Å². The van der Waals surface area contributed by atoms with E-state index in [1.807, 2.05) is 48.5 Å². The third kappa shape index (κ3) is 2.23. The van der Waals surface area contributed by atoms with Crippen molar-refractivity contribution in [1.82, 2.24) is 0 Å². The second-order valence-corrected chi connectivity index (χ2v) is 4.81. The summed E-state index contributed by atoms with van der Waals surface area (Å²) in [4.78, 5) is 22.4. The van der Waals surface area contributed by atoms with Crippen molar-refractivity contribution in [2.24, 2.45) is 0 Å². The number of hydrogen-bond donors (Lipinski definition) is 0. The molecule has 0 saturated carbocycles. The molecule has 0 bridgehead atoms. The fraction of sp³-hybridized carbons (Fsp3) is 0.176. The SMILES string of the molecule is O=CCCC1OC(=O)c2cc(-c3ccccc3)ccc21. The lowest BCUT2D eigenvalue weighted by Crippen LogP contribution is -1.98. The second-order valence-electron chi connectivity index (χ2n) is 4.81. The molecule has 3 rings (SSSR count). The van der Waals surface area contributed by atoms with Crippen LogP contribution >= 0.6 is 0 Å². The molecule has 0 amide bonds. The highest BCUT2D eigenvalue weighted by molar-refractivity contribution is 5.95. The third-order valence-electron chi connectivity index (χ3n) is 3.52. The van der Waals surface area contributed by atoms with Crippen molar-refractivity contribution in [2.75, 3.05) is 0 Å². The van der Waals surface area contributed by atoms with Crippen LogP contribution in [0.5, 0.6) is 0 Å². The van der Waals surface area contributed by atoms with Gasteiger partial charge >= 0.3 is 5.97 Å². The Morgan fingerprint density at radius 3 is 2.60 bits per heavy atom. The highest BCUT2D eigenvalue weighted by atomic mass is 16.5. The lowest BCUT2D eigenvalue weighted by molar-refractivity contribution is -0.108. The predicted octanol–water partition coefficient (Wildman–Crippen LogP) is 3.54. The number of hydrogen-bond acceptors (Lipinski definition) is 3. The number of carbonyl (C=O) groups excluding carboxylic acids is 2. The Labute approximate surface area is 117 Å². The third-order valence-corrected chi connectivity index (χ3v) is 3.52. The zero-order valence-corrected chi connectivity index (χ0v) is 10.9. The van der Waals surface area contributed by atoms with Gasteiger partial charge in [-0.05, 0) is 23.6 Å². The van der Waals surface area contributed by atoms with E-state index in [0.717, 1.165) is 23.0 Å². The van der Waals surface area contributed by atoms with Crippen molar-refractivity contribution in [3.63, 3.8) is 0 Å². The molecule has 0 N–H and O–H groups in total. The number of carbonyl (C=O) groups is 2. The van der Waals surface area contributed by atoms with Crippen LogP contribution < -0.4 is 0 Å². The first kappa shape index (κ1) is 12.6. The summed E-state index contributed by atoms with van der Waals surface area (Å²) in [7, 11) is 0. The standard InChI is InChI=1S/C17H14O3/c18-10-4-7-16-14-9-8-13(11-15(14)17(19)20-16)12-5-2-1-3-6-12/h1-3,5-6,8-11,16H,4,7H2. The maximum absolute atomic E-state index is 11.9. The molecule has 20 heavy (non-hydrogen) atoms. The van der Waals surface area contributed by atoms with Crippen molar-refractivity contribution >= 4 is 12.3 Å². The highest BCUT2D eigenvalue weighted by Gasteiger charge is 2.30. The molecule has 0 radical (unpaired) electrons. The summed E-state index contributed by atoms with van der Waals surface area (Å²) in [5.74, 6) is -0.298. The molecule has 1 heterocycles. The van der Waals surface area contributed by atoms with Gasteiger partial charge in [0.1, 0.15) is 12.4 Å². The molecule has 0 aromatic heterocycles. The topological polar surface area (TPSA) is 43.4 Å². The maximum Gasteiger partial charge on any atom is 0.339 e. The number of fused-ring (bicyclic) bond motifs is 1. The Morgan fingerprint density at radius 2 is 1.85 bits per heavy atom. The van der Waals surface area contributed by atoms with E-state index in [9.17, 15) is 9.59 Å². The van der Waals surface area contributed by atoms with E-state index in [4.69, 9.17) is 4.74 Å².